The lowest BCUT2D eigenvalue weighted by Gasteiger charge is -2.35. The summed E-state index contributed by atoms with van der Waals surface area (Å²) in [6.07, 6.45) is 3.03. The van der Waals surface area contributed by atoms with E-state index in [1.165, 1.54) is 12.0 Å². The molecule has 1 unspecified atom stereocenters. The van der Waals surface area contributed by atoms with Gasteiger partial charge in [-0.3, -0.25) is 19.1 Å². The molecule has 318 valence electrons. The number of alkyl halides is 3. The number of allylic oxidation sites excluding steroid dienone is 1. The number of pyridine rings is 1. The van der Waals surface area contributed by atoms with Crippen molar-refractivity contribution in [3.05, 3.63) is 42.5 Å². The smallest absolute Gasteiger partial charge is 0.408 e. The molecule has 2 aliphatic carbocycles. The normalized spacial score (nSPS) is 29.4. The summed E-state index contributed by atoms with van der Waals surface area (Å²) < 4.78 is 86.3. The van der Waals surface area contributed by atoms with Gasteiger partial charge in [-0.05, 0) is 75.7 Å². The van der Waals surface area contributed by atoms with Crippen LogP contribution in [-0.4, -0.2) is 102 Å². The molecule has 1 saturated heterocycles. The monoisotopic (exact) mass is 835 g/mol. The summed E-state index contributed by atoms with van der Waals surface area (Å²) in [5, 5.41) is 6.64. The van der Waals surface area contributed by atoms with Crippen molar-refractivity contribution < 1.29 is 55.0 Å². The highest BCUT2D eigenvalue weighted by Gasteiger charge is 2.64. The highest BCUT2D eigenvalue weighted by molar-refractivity contribution is 7.91. The SMILES string of the molecule is COc1cc2ccccc2c(O[C@@H]2C[C@H]3C(=O)N[C@]4(C(=O)NS(=O)(=O)C5(CF)CC5)C[C@H]4/C=C\CC[C@H](C)C[C@@H](C)C(NC(=O)OC(C)(C)C(C)(F)F)C(=O)N3C2)n1. The number of rotatable bonds is 10. The molecule has 2 saturated carbocycles. The molecule has 0 spiro atoms. The summed E-state index contributed by atoms with van der Waals surface area (Å²) in [5.41, 5.74) is -3.97. The first-order valence-electron chi connectivity index (χ1n) is 19.6. The Bertz CT molecular complexity index is 2070. The molecule has 1 aromatic heterocycles. The molecule has 0 radical (unpaired) electrons. The number of amides is 4. The van der Waals surface area contributed by atoms with Crippen molar-refractivity contribution in [1.82, 2.24) is 25.2 Å². The van der Waals surface area contributed by atoms with Crippen LogP contribution in [0, 0.1) is 17.8 Å². The Morgan fingerprint density at radius 2 is 1.81 bits per heavy atom. The number of halogens is 3. The molecule has 6 rings (SSSR count). The van der Waals surface area contributed by atoms with Crippen LogP contribution < -0.4 is 24.8 Å². The number of methoxy groups -OCH3 is 1. The average Bonchev–Trinajstić information content (AvgIpc) is 4.06. The van der Waals surface area contributed by atoms with Crippen molar-refractivity contribution in [3.63, 3.8) is 0 Å². The van der Waals surface area contributed by atoms with Crippen LogP contribution in [0.25, 0.3) is 10.8 Å². The van der Waals surface area contributed by atoms with Gasteiger partial charge in [0, 0.05) is 30.7 Å². The highest BCUT2D eigenvalue weighted by Crippen LogP contribution is 2.48. The molecule has 0 bridgehead atoms. The van der Waals surface area contributed by atoms with E-state index < -0.39 is 92.3 Å². The van der Waals surface area contributed by atoms with Gasteiger partial charge in [0.2, 0.25) is 33.6 Å². The number of carbonyl (C=O) groups excluding carboxylic acids is 4. The lowest BCUT2D eigenvalue weighted by Crippen LogP contribution is -2.60. The van der Waals surface area contributed by atoms with Crippen molar-refractivity contribution in [2.24, 2.45) is 17.8 Å². The Morgan fingerprint density at radius 1 is 1.10 bits per heavy atom. The number of benzene rings is 1. The molecule has 4 aliphatic rings. The van der Waals surface area contributed by atoms with E-state index in [4.69, 9.17) is 14.2 Å². The number of carbonyl (C=O) groups is 4. The van der Waals surface area contributed by atoms with E-state index in [1.807, 2.05) is 29.9 Å². The number of fused-ring (bicyclic) bond motifs is 3. The number of nitrogens with one attached hydrogen (secondary N) is 3. The molecule has 18 heteroatoms. The minimum Gasteiger partial charge on any atom is -0.481 e. The number of sulfonamides is 1. The molecule has 2 aromatic rings. The molecule has 1 aromatic carbocycles. The van der Waals surface area contributed by atoms with Gasteiger partial charge in [0.1, 0.15) is 35.1 Å². The lowest BCUT2D eigenvalue weighted by molar-refractivity contribution is -0.152. The number of ether oxygens (including phenoxy) is 3. The Labute approximate surface area is 336 Å². The molecule has 3 N–H and O–H groups in total. The van der Waals surface area contributed by atoms with Crippen LogP contribution in [0.1, 0.15) is 79.6 Å². The first kappa shape index (κ1) is 43.0. The molecule has 3 fully saturated rings. The zero-order chi connectivity index (χ0) is 42.4. The molecule has 4 amide bonds. The molecule has 58 heavy (non-hydrogen) atoms. The minimum absolute atomic E-state index is 0.0141. The first-order valence-corrected chi connectivity index (χ1v) is 21.0. The van der Waals surface area contributed by atoms with Gasteiger partial charge in [-0.2, -0.15) is 4.98 Å². The van der Waals surface area contributed by atoms with Gasteiger partial charge in [0.05, 0.1) is 13.7 Å². The van der Waals surface area contributed by atoms with Crippen molar-refractivity contribution in [2.45, 2.75) is 120 Å². The third-order valence-corrected chi connectivity index (χ3v) is 14.2. The van der Waals surface area contributed by atoms with E-state index in [2.05, 4.69) is 15.6 Å². The second-order valence-corrected chi connectivity index (χ2v) is 19.0. The Balaban J connectivity index is 1.36. The molecular formula is C40H52F3N5O9S. The summed E-state index contributed by atoms with van der Waals surface area (Å²) >= 11 is 0. The van der Waals surface area contributed by atoms with Gasteiger partial charge in [-0.15, -0.1) is 0 Å². The number of hydrogen-bond donors (Lipinski definition) is 3. The van der Waals surface area contributed by atoms with Crippen LogP contribution in [0.3, 0.4) is 0 Å². The summed E-state index contributed by atoms with van der Waals surface area (Å²) in [6, 6.07) is 6.26. The summed E-state index contributed by atoms with van der Waals surface area (Å²) in [5.74, 6) is -6.78. The summed E-state index contributed by atoms with van der Waals surface area (Å²) in [4.78, 5) is 62.2. The average molecular weight is 836 g/mol. The highest BCUT2D eigenvalue weighted by atomic mass is 32.2. The van der Waals surface area contributed by atoms with Crippen LogP contribution in [0.5, 0.6) is 11.8 Å². The fourth-order valence-corrected chi connectivity index (χ4v) is 9.15. The standard InChI is InChI=1S/C40H52F3N5O9S/c1-23-11-7-9-13-26-20-40(26,35(51)47-58(53,54)39(22-41)15-16-39)46-32(49)29-19-27(56-33-28-14-10-8-12-25(28)18-30(44-33)55-6)21-48(29)34(50)31(24(2)17-23)45-36(52)57-37(3,4)38(5,42)43/h8-10,12-14,18,23-24,26-27,29,31H,7,11,15-17,19-22H2,1-6H3,(H,45,52)(H,46,49)(H,47,51)/b13-9-/t23-,24+,26+,27+,29-,31?,40+/m0/s1. The third-order valence-electron chi connectivity index (χ3n) is 12.1. The summed E-state index contributed by atoms with van der Waals surface area (Å²) in [6.45, 7) is 5.03. The van der Waals surface area contributed by atoms with Crippen molar-refractivity contribution in [1.29, 1.82) is 0 Å². The number of hydrogen-bond acceptors (Lipinski definition) is 10. The zero-order valence-electron chi connectivity index (χ0n) is 33.5. The maximum atomic E-state index is 14.8. The predicted molar refractivity (Wildman–Crippen MR) is 206 cm³/mol. The van der Waals surface area contributed by atoms with E-state index in [0.29, 0.717) is 31.6 Å². The van der Waals surface area contributed by atoms with Crippen molar-refractivity contribution >= 4 is 44.6 Å². The molecule has 14 nitrogen and oxygen atoms in total. The van der Waals surface area contributed by atoms with Gasteiger partial charge in [0.15, 0.2) is 5.60 Å². The predicted octanol–water partition coefficient (Wildman–Crippen LogP) is 4.96. The number of alkyl carbamates (subject to hydrolysis) is 1. The van der Waals surface area contributed by atoms with Crippen molar-refractivity contribution in [3.8, 4) is 11.8 Å². The Morgan fingerprint density at radius 3 is 2.47 bits per heavy atom. The number of aromatic nitrogens is 1. The zero-order valence-corrected chi connectivity index (χ0v) is 34.3. The van der Waals surface area contributed by atoms with E-state index in [0.717, 1.165) is 19.2 Å². The third kappa shape index (κ3) is 8.57. The van der Waals surface area contributed by atoms with E-state index in [1.54, 1.807) is 31.2 Å². The van der Waals surface area contributed by atoms with E-state index in [-0.39, 0.29) is 49.9 Å². The van der Waals surface area contributed by atoms with Crippen molar-refractivity contribution in [2.75, 3.05) is 20.3 Å². The fraction of sp³-hybridized carbons (Fsp3) is 0.625. The van der Waals surface area contributed by atoms with E-state index >= 15 is 0 Å². The Kier molecular flexibility index (Phi) is 11.8. The van der Waals surface area contributed by atoms with Gasteiger partial charge in [-0.1, -0.05) is 44.2 Å². The van der Waals surface area contributed by atoms with Crippen LogP contribution in [0.2, 0.25) is 0 Å². The lowest BCUT2D eigenvalue weighted by atomic mass is 9.88. The number of nitrogens with zero attached hydrogens (tertiary/aromatic N) is 2. The summed E-state index contributed by atoms with van der Waals surface area (Å²) in [7, 11) is -3.00. The quantitative estimate of drug-likeness (QED) is 0.277. The topological polar surface area (TPSA) is 182 Å². The van der Waals surface area contributed by atoms with Crippen LogP contribution in [-0.2, 0) is 29.1 Å². The molecule has 7 atom stereocenters. The Hall–Kier alpha value is -4.61. The fourth-order valence-electron chi connectivity index (χ4n) is 7.72. The second-order valence-electron chi connectivity index (χ2n) is 16.9. The maximum Gasteiger partial charge on any atom is 0.408 e. The van der Waals surface area contributed by atoms with Crippen LogP contribution >= 0.6 is 0 Å². The van der Waals surface area contributed by atoms with E-state index in [9.17, 15) is 40.8 Å². The second kappa shape index (κ2) is 15.9. The minimum atomic E-state index is -4.44. The van der Waals surface area contributed by atoms with Gasteiger partial charge in [0.25, 0.3) is 11.8 Å². The van der Waals surface area contributed by atoms with Gasteiger partial charge < -0.3 is 29.7 Å². The molecule has 2 aliphatic heterocycles. The van der Waals surface area contributed by atoms with Gasteiger partial charge in [-0.25, -0.2) is 26.4 Å². The van der Waals surface area contributed by atoms with Crippen LogP contribution in [0.4, 0.5) is 18.0 Å². The van der Waals surface area contributed by atoms with Crippen LogP contribution in [0.15, 0.2) is 42.5 Å². The molecular weight excluding hydrogens is 784 g/mol. The largest absolute Gasteiger partial charge is 0.481 e. The molecule has 3 heterocycles. The maximum absolute atomic E-state index is 14.8. The van der Waals surface area contributed by atoms with Gasteiger partial charge >= 0.3 is 6.09 Å². The first-order chi connectivity index (χ1) is 27.2.